The van der Waals surface area contributed by atoms with Crippen molar-refractivity contribution < 1.29 is 8.42 Å². The molecule has 0 amide bonds. The monoisotopic (exact) mass is 296 g/mol. The summed E-state index contributed by atoms with van der Waals surface area (Å²) in [5.41, 5.74) is 1.90. The van der Waals surface area contributed by atoms with Crippen molar-refractivity contribution in [3.63, 3.8) is 0 Å². The quantitative estimate of drug-likeness (QED) is 0.759. The van der Waals surface area contributed by atoms with Crippen LogP contribution in [-0.2, 0) is 16.6 Å². The molecule has 0 aromatic heterocycles. The second-order valence-electron chi connectivity index (χ2n) is 5.47. The van der Waals surface area contributed by atoms with E-state index in [1.807, 2.05) is 19.1 Å². The van der Waals surface area contributed by atoms with E-state index in [-0.39, 0.29) is 6.04 Å². The van der Waals surface area contributed by atoms with Gasteiger partial charge in [0.15, 0.2) is 0 Å². The summed E-state index contributed by atoms with van der Waals surface area (Å²) in [5.74, 6) is 0. The highest BCUT2D eigenvalue weighted by Crippen LogP contribution is 2.23. The molecule has 0 spiro atoms. The van der Waals surface area contributed by atoms with Crippen molar-refractivity contribution in [2.45, 2.75) is 57.0 Å². The van der Waals surface area contributed by atoms with Crippen molar-refractivity contribution in [2.75, 3.05) is 6.54 Å². The Labute approximate surface area is 122 Å². The predicted octanol–water partition coefficient (Wildman–Crippen LogP) is 2.33. The fraction of sp³-hybridized carbons (Fsp3) is 0.600. The molecule has 0 atom stereocenters. The van der Waals surface area contributed by atoms with Gasteiger partial charge in [-0.05, 0) is 49.9 Å². The Morgan fingerprint density at radius 3 is 2.65 bits per heavy atom. The summed E-state index contributed by atoms with van der Waals surface area (Å²) in [5, 5.41) is 3.32. The highest BCUT2D eigenvalue weighted by atomic mass is 32.2. The molecule has 1 aliphatic carbocycles. The van der Waals surface area contributed by atoms with Crippen LogP contribution in [0.3, 0.4) is 0 Å². The van der Waals surface area contributed by atoms with Gasteiger partial charge in [0.25, 0.3) is 0 Å². The molecule has 2 rings (SSSR count). The van der Waals surface area contributed by atoms with Crippen LogP contribution in [-0.4, -0.2) is 21.0 Å². The Bertz CT molecular complexity index is 551. The minimum absolute atomic E-state index is 0.126. The van der Waals surface area contributed by atoms with Crippen molar-refractivity contribution in [1.82, 2.24) is 10.0 Å². The number of hydrogen-bond acceptors (Lipinski definition) is 3. The number of benzene rings is 1. The second kappa shape index (κ2) is 6.70. The molecule has 2 N–H and O–H groups in total. The fourth-order valence-corrected chi connectivity index (χ4v) is 3.94. The summed E-state index contributed by atoms with van der Waals surface area (Å²) in [6.07, 6.45) is 4.10. The Morgan fingerprint density at radius 2 is 2.05 bits per heavy atom. The largest absolute Gasteiger partial charge is 0.313 e. The molecule has 0 unspecified atom stereocenters. The lowest BCUT2D eigenvalue weighted by Crippen LogP contribution is -2.39. The van der Waals surface area contributed by atoms with Crippen molar-refractivity contribution in [3.8, 4) is 0 Å². The van der Waals surface area contributed by atoms with Crippen LogP contribution in [0.15, 0.2) is 23.1 Å². The summed E-state index contributed by atoms with van der Waals surface area (Å²) in [6, 6.07) is 5.63. The first-order chi connectivity index (χ1) is 9.54. The van der Waals surface area contributed by atoms with E-state index in [4.69, 9.17) is 0 Å². The second-order valence-corrected chi connectivity index (χ2v) is 7.15. The number of hydrogen-bond donors (Lipinski definition) is 2. The van der Waals surface area contributed by atoms with Crippen LogP contribution in [0.4, 0.5) is 0 Å². The molecule has 1 fully saturated rings. The van der Waals surface area contributed by atoms with E-state index in [2.05, 4.69) is 17.0 Å². The third kappa shape index (κ3) is 3.59. The molecular formula is C15H24N2O2S. The minimum atomic E-state index is -3.38. The average Bonchev–Trinajstić information content (AvgIpc) is 2.36. The lowest BCUT2D eigenvalue weighted by molar-refractivity contribution is 0.383. The van der Waals surface area contributed by atoms with Crippen molar-refractivity contribution in [3.05, 3.63) is 29.3 Å². The molecule has 112 valence electrons. The third-order valence-electron chi connectivity index (χ3n) is 3.86. The standard InChI is InChI=1S/C15H24N2O2S/c1-3-10-16-11-13-6-4-9-15(12(13)2)20(18,19)17-14-7-5-8-14/h4,6,9,14,16-17H,3,5,7-8,10-11H2,1-2H3. The molecule has 20 heavy (non-hydrogen) atoms. The highest BCUT2D eigenvalue weighted by molar-refractivity contribution is 7.89. The first-order valence-electron chi connectivity index (χ1n) is 7.36. The predicted molar refractivity (Wildman–Crippen MR) is 81.1 cm³/mol. The molecule has 0 radical (unpaired) electrons. The maximum absolute atomic E-state index is 12.4. The Kier molecular flexibility index (Phi) is 5.18. The normalized spacial score (nSPS) is 16.1. The summed E-state index contributed by atoms with van der Waals surface area (Å²) in [4.78, 5) is 0.417. The highest BCUT2D eigenvalue weighted by Gasteiger charge is 2.26. The van der Waals surface area contributed by atoms with Crippen LogP contribution in [0.25, 0.3) is 0 Å². The van der Waals surface area contributed by atoms with Crippen molar-refractivity contribution in [1.29, 1.82) is 0 Å². The van der Waals surface area contributed by atoms with Crippen LogP contribution in [0.5, 0.6) is 0 Å². The fourth-order valence-electron chi connectivity index (χ4n) is 2.35. The van der Waals surface area contributed by atoms with Gasteiger partial charge in [-0.25, -0.2) is 13.1 Å². The zero-order valence-corrected chi connectivity index (χ0v) is 13.1. The lowest BCUT2D eigenvalue weighted by atomic mass is 9.94. The van der Waals surface area contributed by atoms with Gasteiger partial charge in [0, 0.05) is 12.6 Å². The maximum atomic E-state index is 12.4. The van der Waals surface area contributed by atoms with Crippen LogP contribution < -0.4 is 10.0 Å². The van der Waals surface area contributed by atoms with E-state index in [9.17, 15) is 8.42 Å². The Balaban J connectivity index is 2.16. The Morgan fingerprint density at radius 1 is 1.30 bits per heavy atom. The zero-order chi connectivity index (χ0) is 14.6. The molecule has 4 nitrogen and oxygen atoms in total. The summed E-state index contributed by atoms with van der Waals surface area (Å²) < 4.78 is 27.6. The number of rotatable bonds is 7. The van der Waals surface area contributed by atoms with Gasteiger partial charge in [-0.15, -0.1) is 0 Å². The zero-order valence-electron chi connectivity index (χ0n) is 12.3. The van der Waals surface area contributed by atoms with E-state index >= 15 is 0 Å². The van der Waals surface area contributed by atoms with Crippen LogP contribution in [0.2, 0.25) is 0 Å². The molecule has 0 saturated heterocycles. The SMILES string of the molecule is CCCNCc1cccc(S(=O)(=O)NC2CCC2)c1C. The third-order valence-corrected chi connectivity index (χ3v) is 5.52. The topological polar surface area (TPSA) is 58.2 Å². The molecule has 1 aromatic carbocycles. The van der Waals surface area contributed by atoms with Gasteiger partial charge in [0.2, 0.25) is 10.0 Å². The molecule has 0 heterocycles. The minimum Gasteiger partial charge on any atom is -0.313 e. The first-order valence-corrected chi connectivity index (χ1v) is 8.84. The molecule has 5 heteroatoms. The van der Waals surface area contributed by atoms with Gasteiger partial charge in [-0.3, -0.25) is 0 Å². The van der Waals surface area contributed by atoms with E-state index in [1.54, 1.807) is 6.07 Å². The summed E-state index contributed by atoms with van der Waals surface area (Å²) in [7, 11) is -3.38. The van der Waals surface area contributed by atoms with Crippen molar-refractivity contribution in [2.24, 2.45) is 0 Å². The summed E-state index contributed by atoms with van der Waals surface area (Å²) in [6.45, 7) is 5.66. The molecule has 1 aliphatic rings. The van der Waals surface area contributed by atoms with E-state index in [0.29, 0.717) is 11.4 Å². The van der Waals surface area contributed by atoms with Gasteiger partial charge < -0.3 is 5.32 Å². The average molecular weight is 296 g/mol. The maximum Gasteiger partial charge on any atom is 0.241 e. The first kappa shape index (κ1) is 15.5. The molecule has 1 saturated carbocycles. The van der Waals surface area contributed by atoms with Gasteiger partial charge in [0.1, 0.15) is 0 Å². The molecule has 0 bridgehead atoms. The number of nitrogens with one attached hydrogen (secondary N) is 2. The summed E-state index contributed by atoms with van der Waals surface area (Å²) >= 11 is 0. The Hall–Kier alpha value is -0.910. The van der Waals surface area contributed by atoms with E-state index < -0.39 is 10.0 Å². The van der Waals surface area contributed by atoms with Crippen molar-refractivity contribution >= 4 is 10.0 Å². The molecule has 1 aromatic rings. The number of sulfonamides is 1. The smallest absolute Gasteiger partial charge is 0.241 e. The van der Waals surface area contributed by atoms with Crippen LogP contribution >= 0.6 is 0 Å². The van der Waals surface area contributed by atoms with E-state index in [0.717, 1.165) is 43.4 Å². The van der Waals surface area contributed by atoms with E-state index in [1.165, 1.54) is 0 Å². The lowest BCUT2D eigenvalue weighted by Gasteiger charge is -2.26. The van der Waals surface area contributed by atoms with Crippen LogP contribution in [0, 0.1) is 6.92 Å². The van der Waals surface area contributed by atoms with Gasteiger partial charge in [-0.1, -0.05) is 25.5 Å². The van der Waals surface area contributed by atoms with Gasteiger partial charge in [0.05, 0.1) is 4.90 Å². The van der Waals surface area contributed by atoms with Gasteiger partial charge >= 0.3 is 0 Å². The molecule has 0 aliphatic heterocycles. The van der Waals surface area contributed by atoms with Crippen LogP contribution in [0.1, 0.15) is 43.7 Å². The van der Waals surface area contributed by atoms with Gasteiger partial charge in [-0.2, -0.15) is 0 Å². The molecular weight excluding hydrogens is 272 g/mol.